The largest absolute Gasteiger partial charge is 0.323 e. The monoisotopic (exact) mass is 179 g/mol. The lowest BCUT2D eigenvalue weighted by molar-refractivity contribution is 0.339. The van der Waals surface area contributed by atoms with Crippen LogP contribution >= 0.6 is 0 Å². The van der Waals surface area contributed by atoms with Crippen LogP contribution in [0.15, 0.2) is 18.6 Å². The molecule has 0 spiro atoms. The van der Waals surface area contributed by atoms with Crippen molar-refractivity contribution in [2.75, 3.05) is 0 Å². The lowest BCUT2D eigenvalue weighted by Gasteiger charge is -2.22. The summed E-state index contributed by atoms with van der Waals surface area (Å²) in [6.07, 6.45) is 5.99. The van der Waals surface area contributed by atoms with Crippen LogP contribution in [0.4, 0.5) is 0 Å². The summed E-state index contributed by atoms with van der Waals surface area (Å²) in [4.78, 5) is 8.17. The van der Waals surface area contributed by atoms with Gasteiger partial charge in [0, 0.05) is 24.6 Å². The fourth-order valence-corrected chi connectivity index (χ4v) is 1.27. The van der Waals surface area contributed by atoms with Crippen LogP contribution in [0.1, 0.15) is 38.9 Å². The van der Waals surface area contributed by atoms with Gasteiger partial charge in [-0.3, -0.25) is 9.97 Å². The average Bonchev–Trinajstić information content (AvgIpc) is 2.03. The molecule has 0 saturated heterocycles. The molecule has 3 nitrogen and oxygen atoms in total. The summed E-state index contributed by atoms with van der Waals surface area (Å²) in [5.74, 6) is 0. The molecule has 0 saturated carbocycles. The van der Waals surface area contributed by atoms with Gasteiger partial charge in [0.25, 0.3) is 0 Å². The molecular formula is C10H17N3. The fourth-order valence-electron chi connectivity index (χ4n) is 1.27. The van der Waals surface area contributed by atoms with Crippen LogP contribution in [-0.2, 0) is 0 Å². The molecule has 1 heterocycles. The first-order chi connectivity index (χ1) is 5.99. The van der Waals surface area contributed by atoms with Crippen LogP contribution in [0.25, 0.3) is 0 Å². The zero-order valence-electron chi connectivity index (χ0n) is 8.49. The van der Waals surface area contributed by atoms with Crippen molar-refractivity contribution in [2.24, 2.45) is 11.1 Å². The SMILES string of the molecule is CC(C)(C)C[C@H](N)c1cnccn1. The van der Waals surface area contributed by atoms with E-state index in [2.05, 4.69) is 30.7 Å². The summed E-state index contributed by atoms with van der Waals surface area (Å²) in [5.41, 5.74) is 7.08. The topological polar surface area (TPSA) is 51.8 Å². The molecule has 0 aliphatic carbocycles. The van der Waals surface area contributed by atoms with Crippen LogP contribution in [0.2, 0.25) is 0 Å². The second-order valence-electron chi connectivity index (χ2n) is 4.50. The Kier molecular flexibility index (Phi) is 2.98. The summed E-state index contributed by atoms with van der Waals surface area (Å²) >= 11 is 0. The van der Waals surface area contributed by atoms with Crippen LogP contribution in [0.3, 0.4) is 0 Å². The number of aromatic nitrogens is 2. The van der Waals surface area contributed by atoms with Crippen molar-refractivity contribution in [3.63, 3.8) is 0 Å². The molecule has 1 aromatic heterocycles. The second kappa shape index (κ2) is 3.83. The van der Waals surface area contributed by atoms with Gasteiger partial charge in [-0.25, -0.2) is 0 Å². The lowest BCUT2D eigenvalue weighted by atomic mass is 9.87. The minimum absolute atomic E-state index is 0.00583. The van der Waals surface area contributed by atoms with E-state index in [9.17, 15) is 0 Å². The Balaban J connectivity index is 2.64. The summed E-state index contributed by atoms with van der Waals surface area (Å²) < 4.78 is 0. The molecular weight excluding hydrogens is 162 g/mol. The van der Waals surface area contributed by atoms with E-state index < -0.39 is 0 Å². The maximum atomic E-state index is 5.98. The Morgan fingerprint density at radius 3 is 2.54 bits per heavy atom. The molecule has 0 bridgehead atoms. The predicted octanol–water partition coefficient (Wildman–Crippen LogP) is 1.91. The number of nitrogens with two attached hydrogens (primary N) is 1. The molecule has 1 aromatic rings. The fraction of sp³-hybridized carbons (Fsp3) is 0.600. The Morgan fingerprint density at radius 2 is 2.08 bits per heavy atom. The molecule has 1 rings (SSSR count). The molecule has 0 unspecified atom stereocenters. The van der Waals surface area contributed by atoms with Gasteiger partial charge < -0.3 is 5.73 Å². The first-order valence-electron chi connectivity index (χ1n) is 4.50. The maximum absolute atomic E-state index is 5.98. The highest BCUT2D eigenvalue weighted by Crippen LogP contribution is 2.26. The molecule has 13 heavy (non-hydrogen) atoms. The van der Waals surface area contributed by atoms with E-state index in [1.54, 1.807) is 18.6 Å². The molecule has 0 aliphatic heterocycles. The van der Waals surface area contributed by atoms with E-state index >= 15 is 0 Å². The Labute approximate surface area is 79.4 Å². The van der Waals surface area contributed by atoms with E-state index in [0.717, 1.165) is 12.1 Å². The summed E-state index contributed by atoms with van der Waals surface area (Å²) in [7, 11) is 0. The van der Waals surface area contributed by atoms with Gasteiger partial charge in [0.1, 0.15) is 0 Å². The van der Waals surface area contributed by atoms with E-state index in [0.29, 0.717) is 0 Å². The van der Waals surface area contributed by atoms with Gasteiger partial charge in [-0.2, -0.15) is 0 Å². The van der Waals surface area contributed by atoms with Gasteiger partial charge in [0.2, 0.25) is 0 Å². The standard InChI is InChI=1S/C10H17N3/c1-10(2,3)6-8(11)9-7-12-4-5-13-9/h4-5,7-8H,6,11H2,1-3H3/t8-/m0/s1. The summed E-state index contributed by atoms with van der Waals surface area (Å²) in [6.45, 7) is 6.51. The van der Waals surface area contributed by atoms with Gasteiger partial charge >= 0.3 is 0 Å². The highest BCUT2D eigenvalue weighted by molar-refractivity contribution is 5.01. The zero-order chi connectivity index (χ0) is 9.90. The van der Waals surface area contributed by atoms with Crippen LogP contribution in [0.5, 0.6) is 0 Å². The van der Waals surface area contributed by atoms with E-state index in [1.165, 1.54) is 0 Å². The van der Waals surface area contributed by atoms with Gasteiger partial charge in [-0.15, -0.1) is 0 Å². The molecule has 0 fully saturated rings. The highest BCUT2D eigenvalue weighted by Gasteiger charge is 2.17. The molecule has 3 heteroatoms. The van der Waals surface area contributed by atoms with Crippen LogP contribution in [-0.4, -0.2) is 9.97 Å². The molecule has 0 radical (unpaired) electrons. The first-order valence-corrected chi connectivity index (χ1v) is 4.50. The van der Waals surface area contributed by atoms with E-state index in [-0.39, 0.29) is 11.5 Å². The quantitative estimate of drug-likeness (QED) is 0.754. The van der Waals surface area contributed by atoms with Crippen LogP contribution in [0, 0.1) is 5.41 Å². The highest BCUT2D eigenvalue weighted by atomic mass is 14.8. The number of nitrogens with zero attached hydrogens (tertiary/aromatic N) is 2. The minimum Gasteiger partial charge on any atom is -0.323 e. The van der Waals surface area contributed by atoms with Crippen LogP contribution < -0.4 is 5.73 Å². The summed E-state index contributed by atoms with van der Waals surface area (Å²) in [5, 5.41) is 0. The molecule has 0 aromatic carbocycles. The molecule has 0 amide bonds. The van der Waals surface area contributed by atoms with Crippen molar-refractivity contribution in [3.05, 3.63) is 24.3 Å². The third-order valence-electron chi connectivity index (χ3n) is 1.80. The minimum atomic E-state index is -0.00583. The molecule has 2 N–H and O–H groups in total. The smallest absolute Gasteiger partial charge is 0.0754 e. The molecule has 0 aliphatic rings. The summed E-state index contributed by atoms with van der Waals surface area (Å²) in [6, 6.07) is -0.00583. The van der Waals surface area contributed by atoms with Crippen molar-refractivity contribution in [3.8, 4) is 0 Å². The van der Waals surface area contributed by atoms with Gasteiger partial charge in [-0.05, 0) is 11.8 Å². The molecule has 1 atom stereocenters. The third kappa shape index (κ3) is 3.51. The number of rotatable bonds is 2. The van der Waals surface area contributed by atoms with Crippen molar-refractivity contribution in [1.29, 1.82) is 0 Å². The van der Waals surface area contributed by atoms with Crippen molar-refractivity contribution in [1.82, 2.24) is 9.97 Å². The van der Waals surface area contributed by atoms with E-state index in [4.69, 9.17) is 5.73 Å². The van der Waals surface area contributed by atoms with Crippen molar-refractivity contribution in [2.45, 2.75) is 33.2 Å². The second-order valence-corrected chi connectivity index (χ2v) is 4.50. The Bertz CT molecular complexity index is 251. The first kappa shape index (κ1) is 10.1. The number of hydrogen-bond acceptors (Lipinski definition) is 3. The van der Waals surface area contributed by atoms with Gasteiger partial charge in [0.15, 0.2) is 0 Å². The molecule has 72 valence electrons. The van der Waals surface area contributed by atoms with Crippen molar-refractivity contribution < 1.29 is 0 Å². The van der Waals surface area contributed by atoms with Crippen molar-refractivity contribution >= 4 is 0 Å². The third-order valence-corrected chi connectivity index (χ3v) is 1.80. The lowest BCUT2D eigenvalue weighted by Crippen LogP contribution is -2.19. The Hall–Kier alpha value is -0.960. The average molecular weight is 179 g/mol. The van der Waals surface area contributed by atoms with E-state index in [1.807, 2.05) is 0 Å². The predicted molar refractivity (Wildman–Crippen MR) is 53.0 cm³/mol. The zero-order valence-corrected chi connectivity index (χ0v) is 8.49. The Morgan fingerprint density at radius 1 is 1.38 bits per heavy atom. The maximum Gasteiger partial charge on any atom is 0.0754 e. The van der Waals surface area contributed by atoms with Gasteiger partial charge in [0.05, 0.1) is 5.69 Å². The number of hydrogen-bond donors (Lipinski definition) is 1. The van der Waals surface area contributed by atoms with Gasteiger partial charge in [-0.1, -0.05) is 20.8 Å². The normalized spacial score (nSPS) is 14.2.